The van der Waals surface area contributed by atoms with Crippen molar-refractivity contribution in [3.8, 4) is 6.07 Å². The van der Waals surface area contributed by atoms with Crippen LogP contribution in [0.5, 0.6) is 0 Å². The number of hydrogen-bond acceptors (Lipinski definition) is 3. The molecule has 5 heteroatoms. The van der Waals surface area contributed by atoms with Gasteiger partial charge in [0.2, 0.25) is 0 Å². The van der Waals surface area contributed by atoms with E-state index in [1.807, 2.05) is 6.92 Å². The van der Waals surface area contributed by atoms with Crippen LogP contribution in [0.25, 0.3) is 10.9 Å². The molecule has 0 radical (unpaired) electrons. The molecule has 0 unspecified atom stereocenters. The Balaban J connectivity index is 2.68. The molecule has 3 nitrogen and oxygen atoms in total. The first-order valence-electron chi connectivity index (χ1n) is 5.59. The Morgan fingerprint density at radius 2 is 2.28 bits per heavy atom. The fourth-order valence-electron chi connectivity index (χ4n) is 1.71. The van der Waals surface area contributed by atoms with Gasteiger partial charge in [0.15, 0.2) is 0 Å². The molecule has 2 rings (SSSR count). The van der Waals surface area contributed by atoms with Gasteiger partial charge in [-0.05, 0) is 28.4 Å². The Bertz CT molecular complexity index is 634. The SMILES string of the molecule is CCCNc1c(C#N)cnc2cc(F)c(Br)cc12. The first-order chi connectivity index (χ1) is 8.67. The molecular weight excluding hydrogens is 297 g/mol. The van der Waals surface area contributed by atoms with Crippen molar-refractivity contribution in [1.82, 2.24) is 4.98 Å². The Kier molecular flexibility index (Phi) is 3.78. The number of anilines is 1. The molecule has 0 saturated carbocycles. The van der Waals surface area contributed by atoms with Crippen molar-refractivity contribution in [3.05, 3.63) is 34.2 Å². The maximum absolute atomic E-state index is 13.4. The van der Waals surface area contributed by atoms with E-state index in [-0.39, 0.29) is 5.82 Å². The van der Waals surface area contributed by atoms with Gasteiger partial charge in [-0.2, -0.15) is 5.26 Å². The number of pyridine rings is 1. The van der Waals surface area contributed by atoms with Crippen LogP contribution in [-0.4, -0.2) is 11.5 Å². The molecule has 0 saturated heterocycles. The van der Waals surface area contributed by atoms with Gasteiger partial charge in [0, 0.05) is 24.2 Å². The molecule has 2 aromatic rings. The van der Waals surface area contributed by atoms with Crippen molar-refractivity contribution in [3.63, 3.8) is 0 Å². The van der Waals surface area contributed by atoms with Crippen LogP contribution >= 0.6 is 15.9 Å². The molecular formula is C13H11BrFN3. The van der Waals surface area contributed by atoms with Gasteiger partial charge in [-0.3, -0.25) is 4.98 Å². The smallest absolute Gasteiger partial charge is 0.139 e. The zero-order chi connectivity index (χ0) is 13.1. The van der Waals surface area contributed by atoms with Crippen molar-refractivity contribution in [2.24, 2.45) is 0 Å². The van der Waals surface area contributed by atoms with Crippen molar-refractivity contribution >= 4 is 32.5 Å². The predicted molar refractivity (Wildman–Crippen MR) is 72.9 cm³/mol. The summed E-state index contributed by atoms with van der Waals surface area (Å²) in [6.07, 6.45) is 2.41. The highest BCUT2D eigenvalue weighted by Crippen LogP contribution is 2.29. The fourth-order valence-corrected chi connectivity index (χ4v) is 2.06. The summed E-state index contributed by atoms with van der Waals surface area (Å²) in [4.78, 5) is 4.10. The second-order valence-corrected chi connectivity index (χ2v) is 4.72. The van der Waals surface area contributed by atoms with Crippen LogP contribution in [0.3, 0.4) is 0 Å². The number of halogens is 2. The van der Waals surface area contributed by atoms with Gasteiger partial charge >= 0.3 is 0 Å². The summed E-state index contributed by atoms with van der Waals surface area (Å²) in [6.45, 7) is 2.79. The zero-order valence-corrected chi connectivity index (χ0v) is 11.4. The minimum Gasteiger partial charge on any atom is -0.383 e. The minimum absolute atomic E-state index is 0.360. The third kappa shape index (κ3) is 2.29. The van der Waals surface area contributed by atoms with E-state index in [0.29, 0.717) is 21.2 Å². The van der Waals surface area contributed by atoms with E-state index >= 15 is 0 Å². The molecule has 0 aliphatic heterocycles. The molecule has 0 aliphatic carbocycles. The molecule has 0 spiro atoms. The highest BCUT2D eigenvalue weighted by molar-refractivity contribution is 9.10. The molecule has 92 valence electrons. The van der Waals surface area contributed by atoms with Crippen molar-refractivity contribution in [2.45, 2.75) is 13.3 Å². The number of rotatable bonds is 3. The summed E-state index contributed by atoms with van der Waals surface area (Å²) in [7, 11) is 0. The number of hydrogen-bond donors (Lipinski definition) is 1. The van der Waals surface area contributed by atoms with Crippen LogP contribution in [0, 0.1) is 17.1 Å². The number of benzene rings is 1. The Labute approximate surface area is 113 Å². The largest absolute Gasteiger partial charge is 0.383 e. The van der Waals surface area contributed by atoms with Crippen LogP contribution < -0.4 is 5.32 Å². The lowest BCUT2D eigenvalue weighted by atomic mass is 10.1. The molecule has 1 heterocycles. The number of nitriles is 1. The van der Waals surface area contributed by atoms with Gasteiger partial charge in [-0.1, -0.05) is 6.92 Å². The number of nitrogens with one attached hydrogen (secondary N) is 1. The normalized spacial score (nSPS) is 10.3. The lowest BCUT2D eigenvalue weighted by Crippen LogP contribution is -2.03. The molecule has 1 aromatic carbocycles. The van der Waals surface area contributed by atoms with Crippen molar-refractivity contribution in [2.75, 3.05) is 11.9 Å². The monoisotopic (exact) mass is 307 g/mol. The van der Waals surface area contributed by atoms with E-state index in [2.05, 4.69) is 32.3 Å². The predicted octanol–water partition coefficient (Wildman–Crippen LogP) is 3.83. The van der Waals surface area contributed by atoms with Crippen LogP contribution in [0.4, 0.5) is 10.1 Å². The fraction of sp³-hybridized carbons (Fsp3) is 0.231. The van der Waals surface area contributed by atoms with Crippen LogP contribution in [0.15, 0.2) is 22.8 Å². The maximum Gasteiger partial charge on any atom is 0.139 e. The van der Waals surface area contributed by atoms with Gasteiger partial charge in [0.1, 0.15) is 11.9 Å². The number of fused-ring (bicyclic) bond motifs is 1. The molecule has 0 aliphatic rings. The van der Waals surface area contributed by atoms with Crippen LogP contribution in [-0.2, 0) is 0 Å². The summed E-state index contributed by atoms with van der Waals surface area (Å²) in [6, 6.07) is 5.10. The molecule has 18 heavy (non-hydrogen) atoms. The van der Waals surface area contributed by atoms with Gasteiger partial charge in [-0.15, -0.1) is 0 Å². The van der Waals surface area contributed by atoms with E-state index in [1.54, 1.807) is 6.07 Å². The van der Waals surface area contributed by atoms with Gasteiger partial charge in [-0.25, -0.2) is 4.39 Å². The quantitative estimate of drug-likeness (QED) is 0.937. The molecule has 1 aromatic heterocycles. The van der Waals surface area contributed by atoms with Gasteiger partial charge in [0.25, 0.3) is 0 Å². The first-order valence-corrected chi connectivity index (χ1v) is 6.38. The van der Waals surface area contributed by atoms with Crippen molar-refractivity contribution < 1.29 is 4.39 Å². The zero-order valence-electron chi connectivity index (χ0n) is 9.80. The topological polar surface area (TPSA) is 48.7 Å². The van der Waals surface area contributed by atoms with E-state index in [4.69, 9.17) is 5.26 Å². The lowest BCUT2D eigenvalue weighted by Gasteiger charge is -2.11. The molecule has 0 fully saturated rings. The average molecular weight is 308 g/mol. The van der Waals surface area contributed by atoms with Crippen LogP contribution in [0.2, 0.25) is 0 Å². The Morgan fingerprint density at radius 1 is 1.50 bits per heavy atom. The number of nitrogens with zero attached hydrogens (tertiary/aromatic N) is 2. The Morgan fingerprint density at radius 3 is 2.94 bits per heavy atom. The summed E-state index contributed by atoms with van der Waals surface area (Å²) < 4.78 is 13.8. The molecule has 0 amide bonds. The lowest BCUT2D eigenvalue weighted by molar-refractivity contribution is 0.623. The third-order valence-corrected chi connectivity index (χ3v) is 3.19. The average Bonchev–Trinajstić information content (AvgIpc) is 2.37. The van der Waals surface area contributed by atoms with Gasteiger partial charge in [0.05, 0.1) is 21.2 Å². The van der Waals surface area contributed by atoms with Gasteiger partial charge < -0.3 is 5.32 Å². The summed E-state index contributed by atoms with van der Waals surface area (Å²) in [5, 5.41) is 13.0. The van der Waals surface area contributed by atoms with E-state index in [9.17, 15) is 4.39 Å². The first kappa shape index (κ1) is 12.8. The molecule has 0 atom stereocenters. The summed E-state index contributed by atoms with van der Waals surface area (Å²) in [5.41, 5.74) is 1.72. The highest BCUT2D eigenvalue weighted by atomic mass is 79.9. The van der Waals surface area contributed by atoms with E-state index in [0.717, 1.165) is 18.4 Å². The van der Waals surface area contributed by atoms with Crippen LogP contribution in [0.1, 0.15) is 18.9 Å². The second kappa shape index (κ2) is 5.32. The highest BCUT2D eigenvalue weighted by Gasteiger charge is 2.11. The standard InChI is InChI=1S/C13H11BrFN3/c1-2-3-17-13-8(6-16)7-18-12-5-11(15)10(14)4-9(12)13/h4-5,7H,2-3H2,1H3,(H,17,18). The third-order valence-electron chi connectivity index (χ3n) is 2.58. The molecule has 1 N–H and O–H groups in total. The summed E-state index contributed by atoms with van der Waals surface area (Å²) >= 11 is 3.15. The minimum atomic E-state index is -0.360. The van der Waals surface area contributed by atoms with E-state index < -0.39 is 0 Å². The van der Waals surface area contributed by atoms with Crippen molar-refractivity contribution in [1.29, 1.82) is 5.26 Å². The van der Waals surface area contributed by atoms with E-state index in [1.165, 1.54) is 12.3 Å². The number of aromatic nitrogens is 1. The summed E-state index contributed by atoms with van der Waals surface area (Å²) in [5.74, 6) is -0.360. The Hall–Kier alpha value is -1.67. The second-order valence-electron chi connectivity index (χ2n) is 3.87. The molecule has 0 bridgehead atoms. The maximum atomic E-state index is 13.4.